The quantitative estimate of drug-likeness (QED) is 0.646. The van der Waals surface area contributed by atoms with Crippen LogP contribution in [0, 0.1) is 0 Å². The molecule has 0 aromatic rings. The minimum atomic E-state index is 0.231. The summed E-state index contributed by atoms with van der Waals surface area (Å²) in [5.41, 5.74) is 0.231. The number of rotatable bonds is 8. The predicted molar refractivity (Wildman–Crippen MR) is 71.0 cm³/mol. The normalized spacial score (nSPS) is 12.8. The fourth-order valence-corrected chi connectivity index (χ4v) is 1.58. The van der Waals surface area contributed by atoms with Gasteiger partial charge < -0.3 is 10.1 Å². The van der Waals surface area contributed by atoms with Crippen LogP contribution in [0.15, 0.2) is 0 Å². The first-order valence-electron chi connectivity index (χ1n) is 6.35. The van der Waals surface area contributed by atoms with E-state index >= 15 is 0 Å². The Morgan fingerprint density at radius 2 is 1.81 bits per heavy atom. The van der Waals surface area contributed by atoms with Crippen molar-refractivity contribution in [1.82, 2.24) is 10.2 Å². The Hall–Kier alpha value is -0.120. The Bertz CT molecular complexity index is 164. The van der Waals surface area contributed by atoms with Crippen LogP contribution in [0.25, 0.3) is 0 Å². The zero-order valence-electron chi connectivity index (χ0n) is 12.0. The fraction of sp³-hybridized carbons (Fsp3) is 1.00. The number of nitrogens with zero attached hydrogens (tertiary/aromatic N) is 1. The van der Waals surface area contributed by atoms with Crippen molar-refractivity contribution in [3.05, 3.63) is 0 Å². The van der Waals surface area contributed by atoms with E-state index in [0.717, 1.165) is 26.2 Å². The smallest absolute Gasteiger partial charge is 0.0589 e. The van der Waals surface area contributed by atoms with Crippen molar-refractivity contribution >= 4 is 0 Å². The van der Waals surface area contributed by atoms with E-state index in [9.17, 15) is 0 Å². The standard InChI is InChI=1S/C13H30N2O/c1-12(2)15(10-11-16-6)9-7-8-14-13(3,4)5/h12,14H,7-11H2,1-6H3. The number of methoxy groups -OCH3 is 1. The SMILES string of the molecule is COCCN(CCCNC(C)(C)C)C(C)C. The minimum Gasteiger partial charge on any atom is -0.383 e. The molecule has 0 spiro atoms. The third-order valence-corrected chi connectivity index (χ3v) is 2.59. The Morgan fingerprint density at radius 3 is 2.25 bits per heavy atom. The summed E-state index contributed by atoms with van der Waals surface area (Å²) >= 11 is 0. The molecule has 0 saturated carbocycles. The molecule has 0 aliphatic carbocycles. The molecule has 0 aliphatic heterocycles. The van der Waals surface area contributed by atoms with Crippen molar-refractivity contribution in [1.29, 1.82) is 0 Å². The highest BCUT2D eigenvalue weighted by Gasteiger charge is 2.10. The molecule has 0 fully saturated rings. The van der Waals surface area contributed by atoms with E-state index in [0.29, 0.717) is 6.04 Å². The largest absolute Gasteiger partial charge is 0.383 e. The first-order chi connectivity index (χ1) is 7.37. The highest BCUT2D eigenvalue weighted by Crippen LogP contribution is 2.01. The van der Waals surface area contributed by atoms with Crippen molar-refractivity contribution in [2.75, 3.05) is 33.4 Å². The summed E-state index contributed by atoms with van der Waals surface area (Å²) in [4.78, 5) is 2.47. The molecule has 0 saturated heterocycles. The van der Waals surface area contributed by atoms with Gasteiger partial charge in [0.2, 0.25) is 0 Å². The molecule has 0 unspecified atom stereocenters. The predicted octanol–water partition coefficient (Wildman–Crippen LogP) is 2.12. The van der Waals surface area contributed by atoms with Crippen LogP contribution in [0.5, 0.6) is 0 Å². The van der Waals surface area contributed by atoms with Gasteiger partial charge >= 0.3 is 0 Å². The summed E-state index contributed by atoms with van der Waals surface area (Å²) in [6, 6.07) is 0.602. The number of nitrogens with one attached hydrogen (secondary N) is 1. The van der Waals surface area contributed by atoms with Gasteiger partial charge in [0.25, 0.3) is 0 Å². The molecule has 0 rings (SSSR count). The van der Waals surface area contributed by atoms with Gasteiger partial charge in [0.1, 0.15) is 0 Å². The molecule has 3 heteroatoms. The van der Waals surface area contributed by atoms with Gasteiger partial charge in [-0.2, -0.15) is 0 Å². The van der Waals surface area contributed by atoms with Gasteiger partial charge in [-0.25, -0.2) is 0 Å². The lowest BCUT2D eigenvalue weighted by Crippen LogP contribution is -2.39. The van der Waals surface area contributed by atoms with Gasteiger partial charge in [0.05, 0.1) is 6.61 Å². The van der Waals surface area contributed by atoms with Crippen molar-refractivity contribution in [3.63, 3.8) is 0 Å². The average molecular weight is 230 g/mol. The van der Waals surface area contributed by atoms with Gasteiger partial charge in [0.15, 0.2) is 0 Å². The van der Waals surface area contributed by atoms with Gasteiger partial charge in [-0.1, -0.05) is 0 Å². The molecule has 0 aromatic heterocycles. The van der Waals surface area contributed by atoms with Gasteiger partial charge in [-0.05, 0) is 54.1 Å². The van der Waals surface area contributed by atoms with E-state index in [-0.39, 0.29) is 5.54 Å². The zero-order chi connectivity index (χ0) is 12.6. The van der Waals surface area contributed by atoms with Crippen LogP contribution in [0.1, 0.15) is 41.0 Å². The third kappa shape index (κ3) is 9.13. The Balaban J connectivity index is 3.68. The van der Waals surface area contributed by atoms with E-state index in [1.54, 1.807) is 7.11 Å². The molecular weight excluding hydrogens is 200 g/mol. The maximum atomic E-state index is 5.13. The molecule has 0 radical (unpaired) electrons. The minimum absolute atomic E-state index is 0.231. The lowest BCUT2D eigenvalue weighted by Gasteiger charge is -2.27. The topological polar surface area (TPSA) is 24.5 Å². The van der Waals surface area contributed by atoms with E-state index in [4.69, 9.17) is 4.74 Å². The molecule has 0 aliphatic rings. The van der Waals surface area contributed by atoms with Crippen LogP contribution in [-0.4, -0.2) is 49.8 Å². The molecular formula is C13H30N2O. The van der Waals surface area contributed by atoms with Crippen molar-refractivity contribution in [3.8, 4) is 0 Å². The lowest BCUT2D eigenvalue weighted by molar-refractivity contribution is 0.128. The van der Waals surface area contributed by atoms with Crippen LogP contribution < -0.4 is 5.32 Å². The Morgan fingerprint density at radius 1 is 1.19 bits per heavy atom. The van der Waals surface area contributed by atoms with Crippen LogP contribution in [0.3, 0.4) is 0 Å². The van der Waals surface area contributed by atoms with Crippen LogP contribution in [-0.2, 0) is 4.74 Å². The number of hydrogen-bond donors (Lipinski definition) is 1. The molecule has 0 amide bonds. The summed E-state index contributed by atoms with van der Waals surface area (Å²) in [6.45, 7) is 15.2. The summed E-state index contributed by atoms with van der Waals surface area (Å²) < 4.78 is 5.13. The van der Waals surface area contributed by atoms with E-state index in [1.165, 1.54) is 6.42 Å². The maximum absolute atomic E-state index is 5.13. The second-order valence-electron chi connectivity index (χ2n) is 5.65. The maximum Gasteiger partial charge on any atom is 0.0589 e. The lowest BCUT2D eigenvalue weighted by atomic mass is 10.1. The molecule has 16 heavy (non-hydrogen) atoms. The molecule has 1 N–H and O–H groups in total. The number of hydrogen-bond acceptors (Lipinski definition) is 3. The van der Waals surface area contributed by atoms with E-state index < -0.39 is 0 Å². The summed E-state index contributed by atoms with van der Waals surface area (Å²) in [5.74, 6) is 0. The fourth-order valence-electron chi connectivity index (χ4n) is 1.58. The summed E-state index contributed by atoms with van der Waals surface area (Å²) in [6.07, 6.45) is 1.19. The molecule has 98 valence electrons. The highest BCUT2D eigenvalue weighted by molar-refractivity contribution is 4.71. The van der Waals surface area contributed by atoms with Crippen molar-refractivity contribution in [2.45, 2.75) is 52.6 Å². The summed E-state index contributed by atoms with van der Waals surface area (Å²) in [7, 11) is 1.76. The van der Waals surface area contributed by atoms with Crippen molar-refractivity contribution in [2.24, 2.45) is 0 Å². The van der Waals surface area contributed by atoms with Crippen LogP contribution in [0.2, 0.25) is 0 Å². The van der Waals surface area contributed by atoms with Crippen LogP contribution in [0.4, 0.5) is 0 Å². The van der Waals surface area contributed by atoms with E-state index in [1.807, 2.05) is 0 Å². The first kappa shape index (κ1) is 15.9. The molecule has 0 bridgehead atoms. The third-order valence-electron chi connectivity index (χ3n) is 2.59. The zero-order valence-corrected chi connectivity index (χ0v) is 12.0. The first-order valence-corrected chi connectivity index (χ1v) is 6.35. The van der Waals surface area contributed by atoms with Gasteiger partial charge in [-0.15, -0.1) is 0 Å². The van der Waals surface area contributed by atoms with E-state index in [2.05, 4.69) is 44.8 Å². The average Bonchev–Trinajstić information content (AvgIpc) is 2.14. The Labute approximate surface area is 102 Å². The second-order valence-corrected chi connectivity index (χ2v) is 5.65. The summed E-state index contributed by atoms with van der Waals surface area (Å²) in [5, 5.41) is 3.51. The van der Waals surface area contributed by atoms with Crippen molar-refractivity contribution < 1.29 is 4.74 Å². The molecule has 3 nitrogen and oxygen atoms in total. The van der Waals surface area contributed by atoms with Crippen LogP contribution >= 0.6 is 0 Å². The van der Waals surface area contributed by atoms with Gasteiger partial charge in [-0.3, -0.25) is 4.90 Å². The highest BCUT2D eigenvalue weighted by atomic mass is 16.5. The molecule has 0 aromatic carbocycles. The molecule has 0 heterocycles. The number of ether oxygens (including phenoxy) is 1. The Kier molecular flexibility index (Phi) is 7.98. The second kappa shape index (κ2) is 8.04. The molecule has 0 atom stereocenters. The van der Waals surface area contributed by atoms with Gasteiger partial charge in [0, 0.05) is 25.2 Å². The monoisotopic (exact) mass is 230 g/mol.